The van der Waals surface area contributed by atoms with E-state index in [4.69, 9.17) is 9.05 Å². The second kappa shape index (κ2) is 40.3. The zero-order chi connectivity index (χ0) is 41.4. The lowest BCUT2D eigenvalue weighted by Crippen LogP contribution is -2.46. The summed E-state index contributed by atoms with van der Waals surface area (Å²) in [7, 11) is -4.44. The van der Waals surface area contributed by atoms with E-state index in [9.17, 15) is 23.8 Å². The number of hydrogen-bond donors (Lipinski definition) is 4. The highest BCUT2D eigenvalue weighted by Crippen LogP contribution is 2.42. The number of phosphoric acid groups is 1. The molecule has 0 aliphatic heterocycles. The zero-order valence-corrected chi connectivity index (χ0v) is 37.8. The molecule has 0 radical (unpaired) electrons. The van der Waals surface area contributed by atoms with Crippen molar-refractivity contribution in [3.63, 3.8) is 0 Å². The smallest absolute Gasteiger partial charge is 0.354 e. The van der Waals surface area contributed by atoms with Gasteiger partial charge in [-0.05, 0) is 12.8 Å². The Hall–Kier alpha value is -1.48. The van der Waals surface area contributed by atoms with Gasteiger partial charge in [-0.1, -0.05) is 207 Å². The summed E-state index contributed by atoms with van der Waals surface area (Å²) in [6.07, 6.45) is 38.5. The third kappa shape index (κ3) is 39.4. The van der Waals surface area contributed by atoms with Crippen molar-refractivity contribution in [3.05, 3.63) is 0 Å². The first-order valence-corrected chi connectivity index (χ1v) is 25.1. The van der Waals surface area contributed by atoms with Gasteiger partial charge in [0.25, 0.3) is 0 Å². The van der Waals surface area contributed by atoms with Crippen LogP contribution < -0.4 is 16.0 Å². The molecular weight excluding hydrogens is 725 g/mol. The number of carbonyl (C=O) groups excluding carboxylic acids is 3. The molecule has 3 amide bonds. The number of phosphoric ester groups is 1. The summed E-state index contributed by atoms with van der Waals surface area (Å²) >= 11 is 0. The Bertz CT molecular complexity index is 968. The van der Waals surface area contributed by atoms with Crippen molar-refractivity contribution in [2.24, 2.45) is 5.92 Å². The minimum atomic E-state index is -4.44. The first kappa shape index (κ1) is 54.5. The lowest BCUT2D eigenvalue weighted by atomic mass is 10.0. The summed E-state index contributed by atoms with van der Waals surface area (Å²) in [6, 6.07) is -0.687. The number of carbonyl (C=O) groups is 3. The number of nitrogens with one attached hydrogen (secondary N) is 3. The summed E-state index contributed by atoms with van der Waals surface area (Å²) in [5.74, 6) is -0.666. The lowest BCUT2D eigenvalue weighted by Gasteiger charge is -2.21. The predicted octanol–water partition coefficient (Wildman–Crippen LogP) is 12.0. The van der Waals surface area contributed by atoms with Crippen LogP contribution in [0.25, 0.3) is 0 Å². The molecule has 2 unspecified atom stereocenters. The van der Waals surface area contributed by atoms with Gasteiger partial charge in [-0.3, -0.25) is 23.4 Å². The van der Waals surface area contributed by atoms with Crippen LogP contribution in [0.2, 0.25) is 0 Å². The van der Waals surface area contributed by atoms with E-state index in [0.717, 1.165) is 38.5 Å². The van der Waals surface area contributed by atoms with Crippen LogP contribution in [0.1, 0.15) is 233 Å². The normalized spacial score (nSPS) is 13.1. The molecule has 332 valence electrons. The van der Waals surface area contributed by atoms with Gasteiger partial charge in [0.05, 0.1) is 19.3 Å². The van der Waals surface area contributed by atoms with E-state index < -0.39 is 13.9 Å². The first-order valence-electron chi connectivity index (χ1n) is 23.6. The molecule has 0 aromatic rings. The van der Waals surface area contributed by atoms with Gasteiger partial charge >= 0.3 is 7.82 Å². The van der Waals surface area contributed by atoms with Gasteiger partial charge in [0.2, 0.25) is 17.7 Å². The van der Waals surface area contributed by atoms with Crippen LogP contribution in [-0.4, -0.2) is 55.0 Å². The van der Waals surface area contributed by atoms with Crippen molar-refractivity contribution < 1.29 is 32.9 Å². The van der Waals surface area contributed by atoms with Crippen LogP contribution in [-0.2, 0) is 28.0 Å². The topological polar surface area (TPSA) is 143 Å². The fraction of sp³-hybridized carbons (Fsp3) is 0.933. The third-order valence-corrected chi connectivity index (χ3v) is 11.5. The molecule has 0 aromatic carbocycles. The Morgan fingerprint density at radius 1 is 0.518 bits per heavy atom. The minimum absolute atomic E-state index is 0.0692. The molecule has 10 nitrogen and oxygen atoms in total. The van der Waals surface area contributed by atoms with Crippen LogP contribution >= 0.6 is 7.82 Å². The van der Waals surface area contributed by atoms with Crippen molar-refractivity contribution >= 4 is 25.5 Å². The molecular formula is C45H90N3O7P. The second-order valence-electron chi connectivity index (χ2n) is 16.5. The van der Waals surface area contributed by atoms with E-state index in [1.807, 2.05) is 0 Å². The second-order valence-corrected chi connectivity index (χ2v) is 18.0. The van der Waals surface area contributed by atoms with Gasteiger partial charge in [-0.15, -0.1) is 0 Å². The molecule has 56 heavy (non-hydrogen) atoms. The predicted molar refractivity (Wildman–Crippen MR) is 234 cm³/mol. The summed E-state index contributed by atoms with van der Waals surface area (Å²) in [5.41, 5.74) is 0. The fourth-order valence-electron chi connectivity index (χ4n) is 6.85. The van der Waals surface area contributed by atoms with Crippen molar-refractivity contribution in [2.45, 2.75) is 239 Å². The van der Waals surface area contributed by atoms with Gasteiger partial charge in [0.1, 0.15) is 0 Å². The van der Waals surface area contributed by atoms with E-state index in [-0.39, 0.29) is 49.9 Å². The van der Waals surface area contributed by atoms with Gasteiger partial charge < -0.3 is 20.8 Å². The van der Waals surface area contributed by atoms with E-state index in [2.05, 4.69) is 29.8 Å². The molecule has 0 aromatic heterocycles. The van der Waals surface area contributed by atoms with E-state index in [0.29, 0.717) is 12.8 Å². The van der Waals surface area contributed by atoms with E-state index in [1.54, 1.807) is 13.8 Å². The van der Waals surface area contributed by atoms with E-state index in [1.165, 1.54) is 154 Å². The molecule has 0 bridgehead atoms. The average molecular weight is 816 g/mol. The molecule has 0 aliphatic carbocycles. The van der Waals surface area contributed by atoms with Gasteiger partial charge in [-0.2, -0.15) is 0 Å². The zero-order valence-electron chi connectivity index (χ0n) is 37.0. The number of amides is 3. The number of rotatable bonds is 43. The van der Waals surface area contributed by atoms with Crippen molar-refractivity contribution in [3.8, 4) is 0 Å². The van der Waals surface area contributed by atoms with Crippen LogP contribution in [0.3, 0.4) is 0 Å². The van der Waals surface area contributed by atoms with Crippen LogP contribution in [0.15, 0.2) is 0 Å². The summed E-state index contributed by atoms with van der Waals surface area (Å²) in [4.78, 5) is 47.4. The fourth-order valence-corrected chi connectivity index (χ4v) is 7.62. The largest absolute Gasteiger partial charge is 0.472 e. The Morgan fingerprint density at radius 3 is 1.25 bits per heavy atom. The highest BCUT2D eigenvalue weighted by atomic mass is 31.2. The molecule has 0 fully saturated rings. The summed E-state index contributed by atoms with van der Waals surface area (Å²) in [5, 5.41) is 8.39. The number of unbranched alkanes of at least 4 members (excludes halogenated alkanes) is 28. The molecule has 0 spiro atoms. The van der Waals surface area contributed by atoms with Crippen molar-refractivity contribution in [1.29, 1.82) is 0 Å². The Labute approximate surface area is 345 Å². The highest BCUT2D eigenvalue weighted by Gasteiger charge is 2.24. The van der Waals surface area contributed by atoms with Gasteiger partial charge in [0.15, 0.2) is 0 Å². The Morgan fingerprint density at radius 2 is 0.875 bits per heavy atom. The van der Waals surface area contributed by atoms with Crippen molar-refractivity contribution in [2.75, 3.05) is 26.3 Å². The molecule has 4 N–H and O–H groups in total. The molecule has 0 aliphatic rings. The molecule has 0 heterocycles. The Kier molecular flexibility index (Phi) is 39.2. The van der Waals surface area contributed by atoms with Crippen molar-refractivity contribution in [1.82, 2.24) is 16.0 Å². The minimum Gasteiger partial charge on any atom is -0.354 e. The number of hydrogen-bond acceptors (Lipinski definition) is 6. The van der Waals surface area contributed by atoms with Gasteiger partial charge in [0, 0.05) is 31.8 Å². The lowest BCUT2D eigenvalue weighted by molar-refractivity contribution is -0.124. The van der Waals surface area contributed by atoms with Crippen LogP contribution in [0.4, 0.5) is 0 Å². The molecule has 0 saturated heterocycles. The van der Waals surface area contributed by atoms with Gasteiger partial charge in [-0.25, -0.2) is 4.57 Å². The first-order chi connectivity index (χ1) is 27.1. The highest BCUT2D eigenvalue weighted by molar-refractivity contribution is 7.47. The van der Waals surface area contributed by atoms with Crippen LogP contribution in [0, 0.1) is 5.92 Å². The standard InChI is InChI=1S/C45H90N3O7P/c1-5-7-9-11-13-15-17-19-21-23-25-27-29-31-33-35-43(49)47-39-42(40-55-56(52,53)54-38-37-46-45(51)41(3)4)48-44(50)36-34-32-30-28-26-24-22-20-18-16-14-12-10-8-6-2/h41-42H,5-40H2,1-4H3,(H,46,51)(H,47,49)(H,48,50)(H,52,53). The monoisotopic (exact) mass is 816 g/mol. The molecule has 11 heteroatoms. The molecule has 0 rings (SSSR count). The third-order valence-electron chi connectivity index (χ3n) is 10.5. The van der Waals surface area contributed by atoms with Crippen LogP contribution in [0.5, 0.6) is 0 Å². The molecule has 0 saturated carbocycles. The average Bonchev–Trinajstić information content (AvgIpc) is 3.17. The maximum atomic E-state index is 12.8. The summed E-state index contributed by atoms with van der Waals surface area (Å²) < 4.78 is 22.7. The SMILES string of the molecule is CCCCCCCCCCCCCCCCCC(=O)NCC(COP(=O)(O)OCCNC(=O)C(C)C)NC(=O)CCCCCCCCCCCCCCCCC. The summed E-state index contributed by atoms with van der Waals surface area (Å²) in [6.45, 7) is 7.70. The maximum Gasteiger partial charge on any atom is 0.472 e. The van der Waals surface area contributed by atoms with E-state index >= 15 is 0 Å². The molecule has 2 atom stereocenters. The Balaban J connectivity index is 4.37. The quantitative estimate of drug-likeness (QED) is 0.0354. The maximum absolute atomic E-state index is 12.8.